The maximum Gasteiger partial charge on any atom is 0.422 e. The van der Waals surface area contributed by atoms with Crippen LogP contribution in [0.1, 0.15) is 37.1 Å². The normalized spacial score (nSPS) is 17.3. The van der Waals surface area contributed by atoms with Crippen molar-refractivity contribution in [2.45, 2.75) is 38.4 Å². The third-order valence-electron chi connectivity index (χ3n) is 6.20. The molecule has 2 atom stereocenters. The van der Waals surface area contributed by atoms with E-state index in [0.29, 0.717) is 30.0 Å². The highest BCUT2D eigenvalue weighted by Gasteiger charge is 2.29. The van der Waals surface area contributed by atoms with Gasteiger partial charge in [-0.2, -0.15) is 18.3 Å². The number of rotatable bonds is 5. The Labute approximate surface area is 220 Å². The van der Waals surface area contributed by atoms with Crippen LogP contribution in [0.4, 0.5) is 28.0 Å². The number of hydrogen-bond donors (Lipinski definition) is 2. The smallest absolute Gasteiger partial charge is 0.422 e. The molecule has 0 aliphatic heterocycles. The number of alkyl halides is 3. The minimum absolute atomic E-state index is 0.0917. The van der Waals surface area contributed by atoms with Gasteiger partial charge in [-0.25, -0.2) is 19.3 Å². The van der Waals surface area contributed by atoms with Crippen molar-refractivity contribution in [3.8, 4) is 17.0 Å². The van der Waals surface area contributed by atoms with Crippen molar-refractivity contribution in [3.63, 3.8) is 0 Å². The molecular formula is C25H24ClF4N5O3. The number of carbonyl (C=O) groups excluding carboxylic acids is 1. The fourth-order valence-electron chi connectivity index (χ4n) is 4.27. The number of aromatic nitrogens is 3. The fourth-order valence-corrected chi connectivity index (χ4v) is 4.54. The summed E-state index contributed by atoms with van der Waals surface area (Å²) in [4.78, 5) is 29.7. The van der Waals surface area contributed by atoms with Crippen LogP contribution in [-0.4, -0.2) is 41.0 Å². The second kappa shape index (κ2) is 11.0. The van der Waals surface area contributed by atoms with Crippen LogP contribution in [0, 0.1) is 11.7 Å². The summed E-state index contributed by atoms with van der Waals surface area (Å²) in [5, 5.41) is 9.52. The van der Waals surface area contributed by atoms with E-state index in [4.69, 9.17) is 11.6 Å². The van der Waals surface area contributed by atoms with Crippen molar-refractivity contribution in [2.24, 2.45) is 5.92 Å². The molecule has 2 heterocycles. The van der Waals surface area contributed by atoms with Crippen molar-refractivity contribution >= 4 is 23.3 Å². The molecule has 2 N–H and O–H groups in total. The van der Waals surface area contributed by atoms with Gasteiger partial charge in [0.25, 0.3) is 5.56 Å². The number of hydrogen-bond acceptors (Lipinski definition) is 5. The molecule has 0 fully saturated rings. The van der Waals surface area contributed by atoms with Crippen molar-refractivity contribution in [2.75, 3.05) is 18.6 Å². The van der Waals surface area contributed by atoms with Crippen LogP contribution in [0.5, 0.6) is 5.88 Å². The number of H-pyrrole nitrogens is 1. The van der Waals surface area contributed by atoms with Gasteiger partial charge in [-0.05, 0) is 48.9 Å². The maximum atomic E-state index is 15.1. The quantitative estimate of drug-likeness (QED) is 0.324. The molecule has 0 bridgehead atoms. The number of amides is 2. The van der Waals surface area contributed by atoms with Crippen molar-refractivity contribution in [1.29, 1.82) is 0 Å². The zero-order chi connectivity index (χ0) is 27.6. The van der Waals surface area contributed by atoms with Gasteiger partial charge in [0.2, 0.25) is 5.88 Å². The highest BCUT2D eigenvalue weighted by molar-refractivity contribution is 6.33. The Morgan fingerprint density at radius 3 is 2.71 bits per heavy atom. The second-order valence-electron chi connectivity index (χ2n) is 9.16. The standard InChI is InChI=1S/C25H24ClF4N5O3/c1-13-3-5-19(23-15(7-13)8-21(36)33-34-23)32-24(37)35(2)20-10-17(26)16(9-18(20)27)14-4-6-22(31-11-14)38-12-25(28,29)30/h4,6,8-11,13,19H,3,5,7,12H2,1-2H3,(H,32,37)(H,33,36)/t13-,19+/m0/s1. The summed E-state index contributed by atoms with van der Waals surface area (Å²) in [6, 6.07) is 5.41. The van der Waals surface area contributed by atoms with E-state index < -0.39 is 30.7 Å². The van der Waals surface area contributed by atoms with Gasteiger partial charge in [-0.15, -0.1) is 0 Å². The molecule has 0 radical (unpaired) electrons. The topological polar surface area (TPSA) is 100 Å². The molecule has 8 nitrogen and oxygen atoms in total. The van der Waals surface area contributed by atoms with Gasteiger partial charge in [-0.3, -0.25) is 9.69 Å². The lowest BCUT2D eigenvalue weighted by atomic mass is 10.0. The van der Waals surface area contributed by atoms with Gasteiger partial charge >= 0.3 is 12.2 Å². The third kappa shape index (κ3) is 6.42. The maximum absolute atomic E-state index is 15.1. The molecule has 1 aliphatic carbocycles. The van der Waals surface area contributed by atoms with E-state index in [-0.39, 0.29) is 27.7 Å². The van der Waals surface area contributed by atoms with Crippen LogP contribution < -0.4 is 20.5 Å². The summed E-state index contributed by atoms with van der Waals surface area (Å²) in [6.07, 6.45) is -1.25. The molecule has 2 amide bonds. The van der Waals surface area contributed by atoms with Gasteiger partial charge in [0.05, 0.1) is 22.4 Å². The van der Waals surface area contributed by atoms with E-state index in [0.717, 1.165) is 23.0 Å². The number of halogens is 5. The zero-order valence-corrected chi connectivity index (χ0v) is 21.2. The lowest BCUT2D eigenvalue weighted by molar-refractivity contribution is -0.154. The number of ether oxygens (including phenoxy) is 1. The number of nitrogens with zero attached hydrogens (tertiary/aromatic N) is 3. The molecule has 2 aromatic heterocycles. The molecule has 0 spiro atoms. The number of anilines is 1. The fraction of sp³-hybridized carbons (Fsp3) is 0.360. The van der Waals surface area contributed by atoms with E-state index >= 15 is 4.39 Å². The minimum atomic E-state index is -4.51. The monoisotopic (exact) mass is 553 g/mol. The summed E-state index contributed by atoms with van der Waals surface area (Å²) in [7, 11) is 1.39. The van der Waals surface area contributed by atoms with E-state index in [2.05, 4.69) is 32.2 Å². The molecule has 1 aromatic carbocycles. The van der Waals surface area contributed by atoms with Gasteiger partial charge in [-0.1, -0.05) is 18.5 Å². The van der Waals surface area contributed by atoms with Gasteiger partial charge < -0.3 is 10.1 Å². The first-order valence-electron chi connectivity index (χ1n) is 11.7. The van der Waals surface area contributed by atoms with E-state index in [9.17, 15) is 22.8 Å². The highest BCUT2D eigenvalue weighted by atomic mass is 35.5. The van der Waals surface area contributed by atoms with E-state index in [1.54, 1.807) is 0 Å². The molecule has 0 unspecified atom stereocenters. The first kappa shape index (κ1) is 27.4. The van der Waals surface area contributed by atoms with Gasteiger partial charge in [0.15, 0.2) is 6.61 Å². The van der Waals surface area contributed by atoms with Crippen LogP contribution in [0.25, 0.3) is 11.1 Å². The Morgan fingerprint density at radius 1 is 1.26 bits per heavy atom. The molecule has 4 rings (SSSR count). The lowest BCUT2D eigenvalue weighted by Crippen LogP contribution is -2.40. The zero-order valence-electron chi connectivity index (χ0n) is 20.4. The van der Waals surface area contributed by atoms with Crippen LogP contribution >= 0.6 is 11.6 Å². The summed E-state index contributed by atoms with van der Waals surface area (Å²) in [6.45, 7) is 0.566. The third-order valence-corrected chi connectivity index (χ3v) is 6.51. The molecule has 202 valence electrons. The number of urea groups is 1. The predicted octanol–water partition coefficient (Wildman–Crippen LogP) is 5.43. The number of fused-ring (bicyclic) bond motifs is 1. The van der Waals surface area contributed by atoms with Gasteiger partial charge in [0.1, 0.15) is 5.82 Å². The Bertz CT molecular complexity index is 1380. The number of benzene rings is 1. The number of pyridine rings is 1. The lowest BCUT2D eigenvalue weighted by Gasteiger charge is -2.24. The van der Waals surface area contributed by atoms with E-state index in [1.807, 2.05) is 0 Å². The molecule has 0 saturated carbocycles. The van der Waals surface area contributed by atoms with Crippen molar-refractivity contribution in [3.05, 3.63) is 69.0 Å². The molecular weight excluding hydrogens is 530 g/mol. The predicted molar refractivity (Wildman–Crippen MR) is 133 cm³/mol. The molecule has 3 aromatic rings. The SMILES string of the molecule is C[C@H]1CC[C@@H](NC(=O)N(C)c2cc(Cl)c(-c3ccc(OCC(F)(F)F)nc3)cc2F)c2n[nH]c(=O)cc2C1. The Morgan fingerprint density at radius 2 is 2.03 bits per heavy atom. The Hall–Kier alpha value is -3.67. The molecule has 0 saturated heterocycles. The highest BCUT2D eigenvalue weighted by Crippen LogP contribution is 2.35. The number of nitrogens with one attached hydrogen (secondary N) is 2. The minimum Gasteiger partial charge on any atom is -0.468 e. The van der Waals surface area contributed by atoms with Crippen LogP contribution in [0.15, 0.2) is 41.3 Å². The largest absolute Gasteiger partial charge is 0.468 e. The van der Waals surface area contributed by atoms with Crippen LogP contribution in [-0.2, 0) is 6.42 Å². The first-order valence-corrected chi connectivity index (χ1v) is 12.1. The number of carbonyl (C=O) groups is 1. The Balaban J connectivity index is 1.51. The van der Waals surface area contributed by atoms with Crippen LogP contribution in [0.2, 0.25) is 5.02 Å². The van der Waals surface area contributed by atoms with Crippen LogP contribution in [0.3, 0.4) is 0 Å². The summed E-state index contributed by atoms with van der Waals surface area (Å²) in [5.41, 5.74) is 1.49. The summed E-state index contributed by atoms with van der Waals surface area (Å²) >= 11 is 6.38. The molecule has 1 aliphatic rings. The summed E-state index contributed by atoms with van der Waals surface area (Å²) in [5.74, 6) is -0.707. The first-order chi connectivity index (χ1) is 17.9. The average molecular weight is 554 g/mol. The average Bonchev–Trinajstić information content (AvgIpc) is 3.01. The van der Waals surface area contributed by atoms with Crippen molar-refractivity contribution < 1.29 is 27.1 Å². The molecule has 13 heteroatoms. The summed E-state index contributed by atoms with van der Waals surface area (Å²) < 4.78 is 56.7. The van der Waals surface area contributed by atoms with Crippen molar-refractivity contribution in [1.82, 2.24) is 20.5 Å². The Kier molecular flexibility index (Phi) is 7.91. The van der Waals surface area contributed by atoms with E-state index in [1.165, 1.54) is 37.5 Å². The molecule has 38 heavy (non-hydrogen) atoms. The second-order valence-corrected chi connectivity index (χ2v) is 9.57. The van der Waals surface area contributed by atoms with Gasteiger partial charge in [0, 0.05) is 36.5 Å². The number of aromatic amines is 1.